The molecular formula is C15H23N3O2S. The number of aryl methyl sites for hydroxylation is 2. The highest BCUT2D eigenvalue weighted by Gasteiger charge is 2.14. The lowest BCUT2D eigenvalue weighted by molar-refractivity contribution is 0.0893. The van der Waals surface area contributed by atoms with E-state index in [0.29, 0.717) is 19.8 Å². The van der Waals surface area contributed by atoms with E-state index >= 15 is 0 Å². The number of hydrogen-bond donors (Lipinski definition) is 1. The molecule has 6 heteroatoms. The predicted octanol–water partition coefficient (Wildman–Crippen LogP) is 3.29. The van der Waals surface area contributed by atoms with Crippen molar-refractivity contribution < 1.29 is 9.47 Å². The minimum atomic E-state index is 0.439. The first kappa shape index (κ1) is 16.1. The van der Waals surface area contributed by atoms with E-state index in [1.54, 1.807) is 18.4 Å². The number of hydrogen-bond acceptors (Lipinski definition) is 6. The molecule has 2 rings (SSSR count). The van der Waals surface area contributed by atoms with E-state index in [9.17, 15) is 0 Å². The summed E-state index contributed by atoms with van der Waals surface area (Å²) in [6, 6.07) is 0. The molecule has 0 aromatic carbocycles. The van der Waals surface area contributed by atoms with E-state index < -0.39 is 0 Å². The normalized spacial score (nSPS) is 11.2. The zero-order valence-corrected chi connectivity index (χ0v) is 14.0. The van der Waals surface area contributed by atoms with Crippen LogP contribution in [0.2, 0.25) is 0 Å². The van der Waals surface area contributed by atoms with E-state index in [1.807, 2.05) is 0 Å². The number of ether oxygens (including phenoxy) is 2. The first-order valence-electron chi connectivity index (χ1n) is 7.24. The van der Waals surface area contributed by atoms with Crippen LogP contribution in [0.15, 0.2) is 0 Å². The third kappa shape index (κ3) is 3.90. The molecule has 0 spiro atoms. The molecule has 0 aliphatic heterocycles. The quantitative estimate of drug-likeness (QED) is 0.758. The number of fused-ring (bicyclic) bond motifs is 1. The lowest BCUT2D eigenvalue weighted by Crippen LogP contribution is -2.06. The maximum Gasteiger partial charge on any atom is 0.158 e. The number of nitrogens with one attached hydrogen (secondary N) is 1. The Labute approximate surface area is 129 Å². The van der Waals surface area contributed by atoms with Gasteiger partial charge in [0.15, 0.2) is 5.82 Å². The summed E-state index contributed by atoms with van der Waals surface area (Å²) < 4.78 is 10.6. The molecule has 0 fully saturated rings. The molecule has 0 aliphatic carbocycles. The van der Waals surface area contributed by atoms with Crippen LogP contribution in [0.3, 0.4) is 0 Å². The summed E-state index contributed by atoms with van der Waals surface area (Å²) in [5.74, 6) is 1.65. The first-order chi connectivity index (χ1) is 10.2. The van der Waals surface area contributed by atoms with Gasteiger partial charge in [-0.15, -0.1) is 11.3 Å². The molecule has 0 atom stereocenters. The van der Waals surface area contributed by atoms with Crippen LogP contribution >= 0.6 is 11.3 Å². The number of nitrogens with zero attached hydrogens (tertiary/aromatic N) is 2. The molecular weight excluding hydrogens is 286 g/mol. The van der Waals surface area contributed by atoms with Crippen LogP contribution < -0.4 is 5.32 Å². The Kier molecular flexibility index (Phi) is 5.90. The smallest absolute Gasteiger partial charge is 0.158 e. The summed E-state index contributed by atoms with van der Waals surface area (Å²) in [7, 11) is 1.70. The standard InChI is InChI=1S/C15H23N3O2S/c1-5-16-14-13-10(2)11(3)21-15(13)18-12(17-14)9-20-8-6-7-19-4/h5-9H2,1-4H3,(H,16,17,18). The molecule has 116 valence electrons. The maximum absolute atomic E-state index is 5.61. The molecule has 0 bridgehead atoms. The fraction of sp³-hybridized carbons (Fsp3) is 0.600. The van der Waals surface area contributed by atoms with Crippen LogP contribution in [0.25, 0.3) is 10.2 Å². The molecule has 2 aromatic heterocycles. The number of aromatic nitrogens is 2. The van der Waals surface area contributed by atoms with Gasteiger partial charge in [0.1, 0.15) is 17.3 Å². The molecule has 0 radical (unpaired) electrons. The average molecular weight is 309 g/mol. The van der Waals surface area contributed by atoms with Gasteiger partial charge in [0.2, 0.25) is 0 Å². The second-order valence-corrected chi connectivity index (χ2v) is 6.08. The Balaban J connectivity index is 2.17. The summed E-state index contributed by atoms with van der Waals surface area (Å²) in [5, 5.41) is 4.48. The van der Waals surface area contributed by atoms with Crippen molar-refractivity contribution in [1.82, 2.24) is 9.97 Å². The molecule has 5 nitrogen and oxygen atoms in total. The van der Waals surface area contributed by atoms with Crippen molar-refractivity contribution in [3.8, 4) is 0 Å². The second-order valence-electron chi connectivity index (χ2n) is 4.88. The van der Waals surface area contributed by atoms with Crippen LogP contribution in [-0.2, 0) is 16.1 Å². The zero-order chi connectivity index (χ0) is 15.2. The number of rotatable bonds is 8. The van der Waals surface area contributed by atoms with Gasteiger partial charge in [-0.3, -0.25) is 0 Å². The molecule has 0 saturated heterocycles. The molecule has 0 amide bonds. The summed E-state index contributed by atoms with van der Waals surface area (Å²) in [6.07, 6.45) is 0.885. The van der Waals surface area contributed by atoms with Gasteiger partial charge in [-0.1, -0.05) is 0 Å². The lowest BCUT2D eigenvalue weighted by atomic mass is 10.2. The fourth-order valence-electron chi connectivity index (χ4n) is 2.12. The molecule has 2 heterocycles. The van der Waals surface area contributed by atoms with Crippen LogP contribution in [0.1, 0.15) is 29.6 Å². The molecule has 2 aromatic rings. The van der Waals surface area contributed by atoms with E-state index in [2.05, 4.69) is 36.1 Å². The van der Waals surface area contributed by atoms with Crippen molar-refractivity contribution in [2.75, 3.05) is 32.2 Å². The third-order valence-corrected chi connectivity index (χ3v) is 4.39. The van der Waals surface area contributed by atoms with Crippen molar-refractivity contribution in [3.63, 3.8) is 0 Å². The van der Waals surface area contributed by atoms with Gasteiger partial charge in [-0.2, -0.15) is 0 Å². The highest BCUT2D eigenvalue weighted by Crippen LogP contribution is 2.33. The van der Waals surface area contributed by atoms with Gasteiger partial charge in [-0.05, 0) is 32.8 Å². The average Bonchev–Trinajstić information content (AvgIpc) is 2.74. The largest absolute Gasteiger partial charge is 0.385 e. The van der Waals surface area contributed by atoms with Gasteiger partial charge in [0, 0.05) is 31.7 Å². The van der Waals surface area contributed by atoms with E-state index in [0.717, 1.165) is 34.8 Å². The van der Waals surface area contributed by atoms with Crippen LogP contribution in [-0.4, -0.2) is 36.8 Å². The van der Waals surface area contributed by atoms with Gasteiger partial charge < -0.3 is 14.8 Å². The minimum Gasteiger partial charge on any atom is -0.385 e. The number of methoxy groups -OCH3 is 1. The topological polar surface area (TPSA) is 56.3 Å². The van der Waals surface area contributed by atoms with Gasteiger partial charge in [-0.25, -0.2) is 9.97 Å². The first-order valence-corrected chi connectivity index (χ1v) is 8.06. The zero-order valence-electron chi connectivity index (χ0n) is 13.2. The predicted molar refractivity (Wildman–Crippen MR) is 87.2 cm³/mol. The summed E-state index contributed by atoms with van der Waals surface area (Å²) in [5.41, 5.74) is 1.26. The van der Waals surface area contributed by atoms with E-state index in [-0.39, 0.29) is 0 Å². The SMILES string of the molecule is CCNc1nc(COCCCOC)nc2sc(C)c(C)c12. The third-order valence-electron chi connectivity index (χ3n) is 3.29. The van der Waals surface area contributed by atoms with Crippen LogP contribution in [0, 0.1) is 13.8 Å². The summed E-state index contributed by atoms with van der Waals surface area (Å²) >= 11 is 1.71. The van der Waals surface area contributed by atoms with E-state index in [1.165, 1.54) is 10.4 Å². The molecule has 0 unspecified atom stereocenters. The highest BCUT2D eigenvalue weighted by molar-refractivity contribution is 7.18. The number of thiophene rings is 1. The van der Waals surface area contributed by atoms with Crippen LogP contribution in [0.5, 0.6) is 0 Å². The van der Waals surface area contributed by atoms with Crippen LogP contribution in [0.4, 0.5) is 5.82 Å². The van der Waals surface area contributed by atoms with E-state index in [4.69, 9.17) is 9.47 Å². The number of anilines is 1. The Morgan fingerprint density at radius 1 is 1.19 bits per heavy atom. The monoisotopic (exact) mass is 309 g/mol. The molecule has 0 saturated carbocycles. The second kappa shape index (κ2) is 7.68. The molecule has 21 heavy (non-hydrogen) atoms. The van der Waals surface area contributed by atoms with Gasteiger partial charge in [0.05, 0.1) is 5.39 Å². The van der Waals surface area contributed by atoms with Gasteiger partial charge >= 0.3 is 0 Å². The Hall–Kier alpha value is -1.24. The van der Waals surface area contributed by atoms with Crippen molar-refractivity contribution in [2.24, 2.45) is 0 Å². The van der Waals surface area contributed by atoms with Crippen molar-refractivity contribution in [3.05, 3.63) is 16.3 Å². The van der Waals surface area contributed by atoms with Crippen molar-refractivity contribution in [1.29, 1.82) is 0 Å². The Morgan fingerprint density at radius 2 is 2.00 bits per heavy atom. The van der Waals surface area contributed by atoms with Crippen molar-refractivity contribution >= 4 is 27.4 Å². The summed E-state index contributed by atoms with van der Waals surface area (Å²) in [6.45, 7) is 8.98. The summed E-state index contributed by atoms with van der Waals surface area (Å²) in [4.78, 5) is 11.6. The lowest BCUT2D eigenvalue weighted by Gasteiger charge is -2.08. The van der Waals surface area contributed by atoms with Crippen molar-refractivity contribution in [2.45, 2.75) is 33.8 Å². The molecule has 0 aliphatic rings. The highest BCUT2D eigenvalue weighted by atomic mass is 32.1. The minimum absolute atomic E-state index is 0.439. The van der Waals surface area contributed by atoms with Gasteiger partial charge in [0.25, 0.3) is 0 Å². The Bertz CT molecular complexity index is 598. The Morgan fingerprint density at radius 3 is 2.71 bits per heavy atom. The maximum atomic E-state index is 5.61. The molecule has 1 N–H and O–H groups in total. The fourth-order valence-corrected chi connectivity index (χ4v) is 3.17.